The summed E-state index contributed by atoms with van der Waals surface area (Å²) in [7, 11) is 0. The summed E-state index contributed by atoms with van der Waals surface area (Å²) in [6.07, 6.45) is 1.48. The molecule has 6 nitrogen and oxygen atoms in total. The van der Waals surface area contributed by atoms with Crippen molar-refractivity contribution in [3.8, 4) is 0 Å². The van der Waals surface area contributed by atoms with E-state index >= 15 is 0 Å². The quantitative estimate of drug-likeness (QED) is 0.785. The fraction of sp³-hybridized carbons (Fsp3) is 0.688. The van der Waals surface area contributed by atoms with Crippen LogP contribution in [0, 0.1) is 5.92 Å². The zero-order chi connectivity index (χ0) is 17.0. The number of carbonyl (C=O) groups is 2. The van der Waals surface area contributed by atoms with Crippen LogP contribution in [0.15, 0.2) is 5.38 Å². The molecule has 1 fully saturated rings. The van der Waals surface area contributed by atoms with E-state index in [0.717, 1.165) is 31.1 Å². The maximum Gasteiger partial charge on any atom is 0.357 e. The molecule has 1 aliphatic heterocycles. The van der Waals surface area contributed by atoms with Crippen LogP contribution in [0.25, 0.3) is 0 Å². The van der Waals surface area contributed by atoms with E-state index < -0.39 is 11.6 Å². The van der Waals surface area contributed by atoms with Crippen LogP contribution in [0.2, 0.25) is 0 Å². The third-order valence-corrected chi connectivity index (χ3v) is 4.38. The van der Waals surface area contributed by atoms with Gasteiger partial charge in [0.2, 0.25) is 0 Å². The van der Waals surface area contributed by atoms with E-state index in [0.29, 0.717) is 12.3 Å². The molecule has 0 amide bonds. The summed E-state index contributed by atoms with van der Waals surface area (Å²) in [5, 5.41) is 2.52. The van der Waals surface area contributed by atoms with E-state index in [1.807, 2.05) is 20.8 Å². The first-order valence-electron chi connectivity index (χ1n) is 7.90. The Bertz CT molecular complexity index is 557. The molecule has 2 heterocycles. The number of piperidine rings is 1. The molecule has 0 radical (unpaired) electrons. The third-order valence-electron chi connectivity index (χ3n) is 3.48. The van der Waals surface area contributed by atoms with E-state index in [1.165, 1.54) is 11.3 Å². The van der Waals surface area contributed by atoms with Crippen LogP contribution < -0.4 is 4.90 Å². The second kappa shape index (κ2) is 7.29. The summed E-state index contributed by atoms with van der Waals surface area (Å²) in [5.41, 5.74) is -0.0981. The largest absolute Gasteiger partial charge is 0.461 e. The Morgan fingerprint density at radius 2 is 2.00 bits per heavy atom. The lowest BCUT2D eigenvalue weighted by molar-refractivity contribution is -0.160. The standard InChI is InChI=1S/C16H24N2O4S/c1-5-21-14(20)12-10-23-15(17-12)18-8-6-11(7-9-18)13(19)22-16(2,3)4/h10-11H,5-9H2,1-4H3. The van der Waals surface area contributed by atoms with Crippen LogP contribution in [0.3, 0.4) is 0 Å². The summed E-state index contributed by atoms with van der Waals surface area (Å²) in [6, 6.07) is 0. The van der Waals surface area contributed by atoms with E-state index in [9.17, 15) is 9.59 Å². The van der Waals surface area contributed by atoms with Gasteiger partial charge in [0.05, 0.1) is 12.5 Å². The zero-order valence-corrected chi connectivity index (χ0v) is 14.9. The first-order valence-corrected chi connectivity index (χ1v) is 8.78. The Kier molecular flexibility index (Phi) is 5.62. The van der Waals surface area contributed by atoms with Crippen molar-refractivity contribution in [3.63, 3.8) is 0 Å². The average Bonchev–Trinajstić information content (AvgIpc) is 2.96. The highest BCUT2D eigenvalue weighted by Gasteiger charge is 2.30. The van der Waals surface area contributed by atoms with Crippen LogP contribution >= 0.6 is 11.3 Å². The van der Waals surface area contributed by atoms with E-state index in [-0.39, 0.29) is 11.9 Å². The minimum atomic E-state index is -0.446. The van der Waals surface area contributed by atoms with Crippen molar-refractivity contribution in [2.24, 2.45) is 5.92 Å². The van der Waals surface area contributed by atoms with Gasteiger partial charge in [-0.1, -0.05) is 0 Å². The lowest BCUT2D eigenvalue weighted by Crippen LogP contribution is -2.38. The number of anilines is 1. The highest BCUT2D eigenvalue weighted by molar-refractivity contribution is 7.13. The summed E-state index contributed by atoms with van der Waals surface area (Å²) in [6.45, 7) is 9.23. The molecular formula is C16H24N2O4S. The fourth-order valence-corrected chi connectivity index (χ4v) is 3.25. The van der Waals surface area contributed by atoms with Gasteiger partial charge in [0.15, 0.2) is 10.8 Å². The van der Waals surface area contributed by atoms with Crippen LogP contribution in [-0.2, 0) is 14.3 Å². The van der Waals surface area contributed by atoms with E-state index in [2.05, 4.69) is 9.88 Å². The van der Waals surface area contributed by atoms with Gasteiger partial charge in [-0.15, -0.1) is 11.3 Å². The fourth-order valence-electron chi connectivity index (χ4n) is 2.40. The molecule has 1 aromatic heterocycles. The Labute approximate surface area is 140 Å². The zero-order valence-electron chi connectivity index (χ0n) is 14.1. The second-order valence-electron chi connectivity index (χ2n) is 6.53. The molecule has 0 unspecified atom stereocenters. The SMILES string of the molecule is CCOC(=O)c1csc(N2CCC(C(=O)OC(C)(C)C)CC2)n1. The molecule has 1 saturated heterocycles. The van der Waals surface area contributed by atoms with Crippen molar-refractivity contribution in [2.75, 3.05) is 24.6 Å². The molecule has 128 valence electrons. The number of thiazole rings is 1. The number of rotatable bonds is 4. The molecular weight excluding hydrogens is 316 g/mol. The monoisotopic (exact) mass is 340 g/mol. The topological polar surface area (TPSA) is 68.7 Å². The number of aromatic nitrogens is 1. The number of carbonyl (C=O) groups excluding carboxylic acids is 2. The molecule has 23 heavy (non-hydrogen) atoms. The van der Waals surface area contributed by atoms with Crippen molar-refractivity contribution in [1.82, 2.24) is 4.98 Å². The molecule has 0 N–H and O–H groups in total. The van der Waals surface area contributed by atoms with Gasteiger partial charge in [0.1, 0.15) is 5.60 Å². The van der Waals surface area contributed by atoms with Gasteiger partial charge in [0, 0.05) is 18.5 Å². The highest BCUT2D eigenvalue weighted by atomic mass is 32.1. The number of hydrogen-bond acceptors (Lipinski definition) is 7. The van der Waals surface area contributed by atoms with Crippen LogP contribution in [-0.4, -0.2) is 42.2 Å². The first-order chi connectivity index (χ1) is 10.8. The van der Waals surface area contributed by atoms with Gasteiger partial charge in [0.25, 0.3) is 0 Å². The van der Waals surface area contributed by atoms with Gasteiger partial charge in [-0.2, -0.15) is 0 Å². The average molecular weight is 340 g/mol. The summed E-state index contributed by atoms with van der Waals surface area (Å²) in [4.78, 5) is 30.2. The lowest BCUT2D eigenvalue weighted by Gasteiger charge is -2.32. The van der Waals surface area contributed by atoms with Crippen LogP contribution in [0.5, 0.6) is 0 Å². The van der Waals surface area contributed by atoms with Crippen LogP contribution in [0.4, 0.5) is 5.13 Å². The smallest absolute Gasteiger partial charge is 0.357 e. The predicted octanol–water partition coefficient (Wildman–Crippen LogP) is 2.88. The number of hydrogen-bond donors (Lipinski definition) is 0. The van der Waals surface area contributed by atoms with Crippen molar-refractivity contribution in [3.05, 3.63) is 11.1 Å². The molecule has 0 aromatic carbocycles. The second-order valence-corrected chi connectivity index (χ2v) is 7.37. The van der Waals surface area contributed by atoms with E-state index in [1.54, 1.807) is 12.3 Å². The molecule has 0 aliphatic carbocycles. The van der Waals surface area contributed by atoms with Crippen molar-refractivity contribution < 1.29 is 19.1 Å². The van der Waals surface area contributed by atoms with Gasteiger partial charge >= 0.3 is 11.9 Å². The van der Waals surface area contributed by atoms with Gasteiger partial charge in [-0.25, -0.2) is 9.78 Å². The molecule has 0 bridgehead atoms. The van der Waals surface area contributed by atoms with Crippen molar-refractivity contribution in [1.29, 1.82) is 0 Å². The minimum absolute atomic E-state index is 0.0602. The molecule has 0 spiro atoms. The molecule has 2 rings (SSSR count). The highest BCUT2D eigenvalue weighted by Crippen LogP contribution is 2.28. The van der Waals surface area contributed by atoms with Crippen LogP contribution in [0.1, 0.15) is 51.0 Å². The molecule has 7 heteroatoms. The summed E-state index contributed by atoms with van der Waals surface area (Å²) in [5.74, 6) is -0.572. The first kappa shape index (κ1) is 17.7. The third kappa shape index (κ3) is 4.92. The Morgan fingerprint density at radius 1 is 1.35 bits per heavy atom. The Morgan fingerprint density at radius 3 is 2.57 bits per heavy atom. The number of nitrogens with zero attached hydrogens (tertiary/aromatic N) is 2. The van der Waals surface area contributed by atoms with Crippen molar-refractivity contribution >= 4 is 28.4 Å². The maximum atomic E-state index is 12.1. The summed E-state index contributed by atoms with van der Waals surface area (Å²) < 4.78 is 10.4. The van der Waals surface area contributed by atoms with Crippen molar-refractivity contribution in [2.45, 2.75) is 46.1 Å². The minimum Gasteiger partial charge on any atom is -0.461 e. The Hall–Kier alpha value is -1.63. The summed E-state index contributed by atoms with van der Waals surface area (Å²) >= 11 is 1.43. The van der Waals surface area contributed by atoms with Gasteiger partial charge in [-0.05, 0) is 40.5 Å². The lowest BCUT2D eigenvalue weighted by atomic mass is 9.97. The van der Waals surface area contributed by atoms with Gasteiger partial charge < -0.3 is 14.4 Å². The number of esters is 2. The number of ether oxygens (including phenoxy) is 2. The van der Waals surface area contributed by atoms with Gasteiger partial charge in [-0.3, -0.25) is 4.79 Å². The molecule has 1 aromatic rings. The normalized spacial score (nSPS) is 16.3. The Balaban J connectivity index is 1.89. The molecule has 1 aliphatic rings. The maximum absolute atomic E-state index is 12.1. The molecule has 0 atom stereocenters. The van der Waals surface area contributed by atoms with E-state index in [4.69, 9.17) is 9.47 Å². The predicted molar refractivity (Wildman–Crippen MR) is 88.9 cm³/mol. The molecule has 0 saturated carbocycles.